The molecule has 42 heavy (non-hydrogen) atoms. The van der Waals surface area contributed by atoms with Crippen LogP contribution < -0.4 is 0 Å². The fourth-order valence-electron chi connectivity index (χ4n) is 7.24. The van der Waals surface area contributed by atoms with E-state index in [1.807, 2.05) is 60.7 Å². The van der Waals surface area contributed by atoms with Gasteiger partial charge in [-0.3, -0.25) is 14.4 Å². The van der Waals surface area contributed by atoms with Gasteiger partial charge in [0, 0.05) is 18.3 Å². The average molecular weight is 589 g/mol. The zero-order valence-corrected chi connectivity index (χ0v) is 25.0. The van der Waals surface area contributed by atoms with Crippen LogP contribution in [0.15, 0.2) is 86.0 Å². The molecule has 8 heteroatoms. The molecule has 2 aromatic carbocycles. The Morgan fingerprint density at radius 1 is 1.12 bits per heavy atom. The van der Waals surface area contributed by atoms with Crippen LogP contribution in [0.25, 0.3) is 0 Å². The van der Waals surface area contributed by atoms with Crippen LogP contribution in [-0.2, 0) is 32.1 Å². The molecule has 1 spiro atoms. The van der Waals surface area contributed by atoms with Crippen molar-refractivity contribution in [3.63, 3.8) is 0 Å². The SMILES string of the molecule is C=CCCOC(=O)[C@@H]1[C@H]2C(=O)N([C@@H](CO)Cc3ccccc3)C(C(=O)N(CC=C)Cc3ccccc3)C23S[C@@H]1CC3C. The molecule has 2 aromatic rings. The number of aliphatic hydroxyl groups excluding tert-OH is 1. The van der Waals surface area contributed by atoms with E-state index in [0.717, 1.165) is 17.5 Å². The summed E-state index contributed by atoms with van der Waals surface area (Å²) in [5.41, 5.74) is 1.93. The van der Waals surface area contributed by atoms with E-state index in [1.165, 1.54) is 0 Å². The van der Waals surface area contributed by atoms with Crippen molar-refractivity contribution >= 4 is 29.5 Å². The van der Waals surface area contributed by atoms with E-state index in [-0.39, 0.29) is 42.2 Å². The Morgan fingerprint density at radius 2 is 1.79 bits per heavy atom. The highest BCUT2D eigenvalue weighted by Gasteiger charge is 2.77. The van der Waals surface area contributed by atoms with E-state index in [9.17, 15) is 19.5 Å². The number of ether oxygens (including phenoxy) is 1. The average Bonchev–Trinajstić information content (AvgIpc) is 3.60. The molecule has 3 unspecified atom stereocenters. The number of thioether (sulfide) groups is 1. The summed E-state index contributed by atoms with van der Waals surface area (Å²) >= 11 is 1.61. The van der Waals surface area contributed by atoms with Gasteiger partial charge in [0.25, 0.3) is 0 Å². The molecule has 1 N–H and O–H groups in total. The molecule has 2 bridgehead atoms. The van der Waals surface area contributed by atoms with Gasteiger partial charge in [-0.2, -0.15) is 0 Å². The third-order valence-corrected chi connectivity index (χ3v) is 11.1. The third-order valence-electron chi connectivity index (χ3n) is 9.05. The summed E-state index contributed by atoms with van der Waals surface area (Å²) in [6, 6.07) is 18.0. The number of hydrogen-bond acceptors (Lipinski definition) is 6. The second-order valence-corrected chi connectivity index (χ2v) is 13.1. The molecule has 0 saturated carbocycles. The highest BCUT2D eigenvalue weighted by molar-refractivity contribution is 8.02. The first-order chi connectivity index (χ1) is 20.4. The van der Waals surface area contributed by atoms with Crippen molar-refractivity contribution in [2.45, 2.75) is 54.8 Å². The van der Waals surface area contributed by atoms with Crippen LogP contribution in [0.2, 0.25) is 0 Å². The van der Waals surface area contributed by atoms with Crippen LogP contribution in [0, 0.1) is 17.8 Å². The third kappa shape index (κ3) is 5.31. The normalized spacial score (nSPS) is 28.3. The molecule has 3 aliphatic heterocycles. The Bertz CT molecular complexity index is 1300. The fourth-order valence-corrected chi connectivity index (χ4v) is 9.63. The first kappa shape index (κ1) is 30.1. The summed E-state index contributed by atoms with van der Waals surface area (Å²) in [6.07, 6.45) is 5.04. The van der Waals surface area contributed by atoms with Gasteiger partial charge in [-0.15, -0.1) is 24.9 Å². The monoisotopic (exact) mass is 588 g/mol. The van der Waals surface area contributed by atoms with Crippen LogP contribution in [0.1, 0.15) is 30.9 Å². The summed E-state index contributed by atoms with van der Waals surface area (Å²) in [5, 5.41) is 10.6. The maximum absolute atomic E-state index is 14.8. The number of fused-ring (bicyclic) bond motifs is 1. The number of rotatable bonds is 13. The molecular formula is C34H40N2O5S. The van der Waals surface area contributed by atoms with E-state index in [1.54, 1.807) is 33.7 Å². The van der Waals surface area contributed by atoms with Crippen molar-refractivity contribution in [1.29, 1.82) is 0 Å². The summed E-state index contributed by atoms with van der Waals surface area (Å²) in [4.78, 5) is 46.3. The van der Waals surface area contributed by atoms with Gasteiger partial charge < -0.3 is 19.6 Å². The van der Waals surface area contributed by atoms with Crippen LogP contribution in [0.5, 0.6) is 0 Å². The number of hydrogen-bond donors (Lipinski definition) is 1. The van der Waals surface area contributed by atoms with Gasteiger partial charge in [0.15, 0.2) is 0 Å². The number of amides is 2. The van der Waals surface area contributed by atoms with Crippen LogP contribution in [0.4, 0.5) is 0 Å². The highest BCUT2D eigenvalue weighted by atomic mass is 32.2. The minimum absolute atomic E-state index is 0.0102. The molecule has 0 aromatic heterocycles. The quantitative estimate of drug-likeness (QED) is 0.214. The molecule has 222 valence electrons. The molecular weight excluding hydrogens is 548 g/mol. The number of carbonyl (C=O) groups excluding carboxylic acids is 3. The fraction of sp³-hybridized carbons (Fsp3) is 0.441. The van der Waals surface area contributed by atoms with Crippen molar-refractivity contribution in [2.75, 3.05) is 19.8 Å². The lowest BCUT2D eigenvalue weighted by Gasteiger charge is -2.42. The summed E-state index contributed by atoms with van der Waals surface area (Å²) in [7, 11) is 0. The summed E-state index contributed by atoms with van der Waals surface area (Å²) < 4.78 is 4.83. The molecule has 3 heterocycles. The van der Waals surface area contributed by atoms with E-state index < -0.39 is 28.7 Å². The molecule has 7 nitrogen and oxygen atoms in total. The molecule has 5 rings (SSSR count). The van der Waals surface area contributed by atoms with E-state index >= 15 is 0 Å². The Morgan fingerprint density at radius 3 is 2.40 bits per heavy atom. The van der Waals surface area contributed by atoms with Gasteiger partial charge in [0.05, 0.1) is 35.8 Å². The predicted octanol–water partition coefficient (Wildman–Crippen LogP) is 4.26. The number of benzene rings is 2. The van der Waals surface area contributed by atoms with Gasteiger partial charge in [0.1, 0.15) is 6.04 Å². The largest absolute Gasteiger partial charge is 0.465 e. The van der Waals surface area contributed by atoms with Gasteiger partial charge in [-0.1, -0.05) is 79.7 Å². The van der Waals surface area contributed by atoms with Gasteiger partial charge in [-0.25, -0.2) is 0 Å². The minimum Gasteiger partial charge on any atom is -0.465 e. The number of nitrogens with zero attached hydrogens (tertiary/aromatic N) is 2. The minimum atomic E-state index is -0.838. The van der Waals surface area contributed by atoms with Crippen molar-refractivity contribution in [3.8, 4) is 0 Å². The number of esters is 1. The molecule has 0 aliphatic carbocycles. The van der Waals surface area contributed by atoms with Crippen LogP contribution >= 0.6 is 11.8 Å². The van der Waals surface area contributed by atoms with E-state index in [4.69, 9.17) is 4.74 Å². The van der Waals surface area contributed by atoms with Gasteiger partial charge in [0.2, 0.25) is 11.8 Å². The maximum Gasteiger partial charge on any atom is 0.310 e. The van der Waals surface area contributed by atoms with Crippen molar-refractivity contribution in [3.05, 3.63) is 97.1 Å². The zero-order valence-electron chi connectivity index (χ0n) is 24.1. The molecule has 2 amide bonds. The summed E-state index contributed by atoms with van der Waals surface area (Å²) in [5.74, 6) is -2.13. The zero-order chi connectivity index (χ0) is 29.9. The molecule has 0 radical (unpaired) electrons. The van der Waals surface area contributed by atoms with Crippen molar-refractivity contribution in [2.24, 2.45) is 17.8 Å². The Balaban J connectivity index is 1.57. The molecule has 3 saturated heterocycles. The number of aliphatic hydroxyl groups is 1. The lowest BCUT2D eigenvalue weighted by atomic mass is 9.66. The van der Waals surface area contributed by atoms with Crippen LogP contribution in [-0.4, -0.2) is 74.5 Å². The Labute approximate surface area is 252 Å². The number of carbonyl (C=O) groups is 3. The predicted molar refractivity (Wildman–Crippen MR) is 164 cm³/mol. The summed E-state index contributed by atoms with van der Waals surface area (Å²) in [6.45, 7) is 10.3. The standard InChI is InChI=1S/C34H40N2O5S/c1-4-6-18-41-33(40)28-27-19-23(3)34(42-27)29(28)31(38)36(26(22-37)20-24-13-9-7-10-14-24)30(34)32(39)35(17-5-2)21-25-15-11-8-12-16-25/h4-5,7-16,23,26-30,37H,1-2,6,17-22H2,3H3/t23?,26-,27-,28+,29+,30?,34?/m1/s1. The van der Waals surface area contributed by atoms with Gasteiger partial charge in [-0.05, 0) is 36.3 Å². The van der Waals surface area contributed by atoms with Crippen molar-refractivity contribution < 1.29 is 24.2 Å². The van der Waals surface area contributed by atoms with Crippen LogP contribution in [0.3, 0.4) is 0 Å². The smallest absolute Gasteiger partial charge is 0.310 e. The second kappa shape index (κ2) is 12.9. The Kier molecular flexibility index (Phi) is 9.23. The highest BCUT2D eigenvalue weighted by Crippen LogP contribution is 2.69. The second-order valence-electron chi connectivity index (χ2n) is 11.6. The maximum atomic E-state index is 14.8. The van der Waals surface area contributed by atoms with E-state index in [2.05, 4.69) is 20.1 Å². The topological polar surface area (TPSA) is 87.1 Å². The first-order valence-corrected chi connectivity index (χ1v) is 15.6. The molecule has 7 atom stereocenters. The number of likely N-dealkylation sites (tertiary alicyclic amines) is 1. The first-order valence-electron chi connectivity index (χ1n) is 14.7. The van der Waals surface area contributed by atoms with Crippen molar-refractivity contribution in [1.82, 2.24) is 9.80 Å². The lowest BCUT2D eigenvalue weighted by Crippen LogP contribution is -2.59. The van der Waals surface area contributed by atoms with Gasteiger partial charge >= 0.3 is 5.97 Å². The molecule has 3 aliphatic rings. The lowest BCUT2D eigenvalue weighted by molar-refractivity contribution is -0.154. The molecule has 3 fully saturated rings. The Hall–Kier alpha value is -3.36. The van der Waals surface area contributed by atoms with E-state index in [0.29, 0.717) is 25.9 Å².